The highest BCUT2D eigenvalue weighted by Crippen LogP contribution is 2.56. The molecule has 1 heterocycles. The second-order valence-electron chi connectivity index (χ2n) is 8.46. The highest BCUT2D eigenvalue weighted by atomic mass is 32.1. The number of rotatable bonds is 0. The molecule has 128 valence electrons. The molecule has 4 rings (SSSR count). The van der Waals surface area contributed by atoms with Crippen LogP contribution in [0.15, 0.2) is 0 Å². The van der Waals surface area contributed by atoms with E-state index in [0.29, 0.717) is 24.7 Å². The van der Waals surface area contributed by atoms with Crippen molar-refractivity contribution in [1.82, 2.24) is 4.31 Å². The predicted molar refractivity (Wildman–Crippen MR) is 92.6 cm³/mol. The molecule has 0 N–H and O–H groups in total. The fourth-order valence-corrected chi connectivity index (χ4v) is 6.76. The van der Waals surface area contributed by atoms with Crippen molar-refractivity contribution in [3.63, 3.8) is 0 Å². The van der Waals surface area contributed by atoms with Gasteiger partial charge >= 0.3 is 0 Å². The zero-order valence-electron chi connectivity index (χ0n) is 14.0. The van der Waals surface area contributed by atoms with E-state index in [0.717, 1.165) is 34.4 Å². The van der Waals surface area contributed by atoms with E-state index in [2.05, 4.69) is 12.8 Å². The van der Waals surface area contributed by atoms with Crippen molar-refractivity contribution < 1.29 is 9.59 Å². The van der Waals surface area contributed by atoms with E-state index in [1.807, 2.05) is 0 Å². The third-order valence-electron chi connectivity index (χ3n) is 7.57. The van der Waals surface area contributed by atoms with Crippen LogP contribution in [-0.2, 0) is 9.59 Å². The Morgan fingerprint density at radius 2 is 1.35 bits per heavy atom. The SMILES string of the molecule is O=C1CCC2C(CCC3C4CCCCC4CCC23)CC(=O)N1S. The summed E-state index contributed by atoms with van der Waals surface area (Å²) in [6.07, 6.45) is 13.0. The van der Waals surface area contributed by atoms with Crippen LogP contribution in [0.1, 0.15) is 70.6 Å². The lowest BCUT2D eigenvalue weighted by molar-refractivity contribution is -0.142. The molecule has 4 heteroatoms. The first-order chi connectivity index (χ1) is 11.1. The van der Waals surface area contributed by atoms with Gasteiger partial charge in [0.2, 0.25) is 11.8 Å². The van der Waals surface area contributed by atoms with Crippen molar-refractivity contribution in [3.05, 3.63) is 0 Å². The van der Waals surface area contributed by atoms with Gasteiger partial charge < -0.3 is 0 Å². The van der Waals surface area contributed by atoms with Crippen LogP contribution in [0.4, 0.5) is 0 Å². The smallest absolute Gasteiger partial charge is 0.239 e. The van der Waals surface area contributed by atoms with Gasteiger partial charge in [0.25, 0.3) is 0 Å². The minimum atomic E-state index is -0.0924. The van der Waals surface area contributed by atoms with E-state index in [4.69, 9.17) is 0 Å². The molecule has 3 aliphatic carbocycles. The van der Waals surface area contributed by atoms with Gasteiger partial charge in [0.05, 0.1) is 0 Å². The molecule has 1 saturated heterocycles. The molecule has 0 aromatic rings. The molecular formula is C19H29NO2S. The third-order valence-corrected chi connectivity index (χ3v) is 8.01. The molecule has 4 aliphatic rings. The first-order valence-electron chi connectivity index (χ1n) is 9.70. The van der Waals surface area contributed by atoms with Crippen molar-refractivity contribution in [3.8, 4) is 0 Å². The average Bonchev–Trinajstić information content (AvgIpc) is 2.58. The van der Waals surface area contributed by atoms with Crippen molar-refractivity contribution in [2.75, 3.05) is 0 Å². The number of hydrogen-bond donors (Lipinski definition) is 1. The summed E-state index contributed by atoms with van der Waals surface area (Å²) < 4.78 is 1.08. The molecule has 3 saturated carbocycles. The normalized spacial score (nSPS) is 44.7. The third kappa shape index (κ3) is 2.85. The lowest BCUT2D eigenvalue weighted by atomic mass is 9.52. The van der Waals surface area contributed by atoms with Crippen LogP contribution in [0, 0.1) is 35.5 Å². The average molecular weight is 336 g/mol. The maximum atomic E-state index is 12.2. The van der Waals surface area contributed by atoms with Gasteiger partial charge in [-0.15, -0.1) is 0 Å². The van der Waals surface area contributed by atoms with Crippen LogP contribution in [0.5, 0.6) is 0 Å². The standard InChI is InChI=1S/C19H29NO2S/c21-18-10-9-15-13(11-19(22)20(18)23)6-8-16-14-4-2-1-3-12(14)5-7-17(15)16/h12-17,23H,1-11H2. The van der Waals surface area contributed by atoms with Crippen molar-refractivity contribution in [2.24, 2.45) is 35.5 Å². The van der Waals surface area contributed by atoms with Gasteiger partial charge in [-0.25, -0.2) is 4.31 Å². The van der Waals surface area contributed by atoms with Gasteiger partial charge in [0.1, 0.15) is 0 Å². The molecule has 23 heavy (non-hydrogen) atoms. The molecular weight excluding hydrogens is 306 g/mol. The van der Waals surface area contributed by atoms with Crippen LogP contribution in [0.3, 0.4) is 0 Å². The molecule has 0 bridgehead atoms. The van der Waals surface area contributed by atoms with Crippen LogP contribution < -0.4 is 0 Å². The Hall–Kier alpha value is -0.510. The minimum Gasteiger partial charge on any atom is -0.273 e. The summed E-state index contributed by atoms with van der Waals surface area (Å²) in [6, 6.07) is 0. The van der Waals surface area contributed by atoms with E-state index < -0.39 is 0 Å². The Labute approximate surface area is 145 Å². The van der Waals surface area contributed by atoms with Crippen LogP contribution in [0.2, 0.25) is 0 Å². The van der Waals surface area contributed by atoms with E-state index >= 15 is 0 Å². The Morgan fingerprint density at radius 3 is 2.13 bits per heavy atom. The molecule has 0 aromatic carbocycles. The molecule has 0 radical (unpaired) electrons. The summed E-state index contributed by atoms with van der Waals surface area (Å²) in [7, 11) is 0. The predicted octanol–water partition coefficient (Wildman–Crippen LogP) is 4.23. The monoisotopic (exact) mass is 335 g/mol. The quantitative estimate of drug-likeness (QED) is 0.531. The summed E-state index contributed by atoms with van der Waals surface area (Å²) in [5.41, 5.74) is 0. The fraction of sp³-hybridized carbons (Fsp3) is 0.895. The minimum absolute atomic E-state index is 0.0714. The molecule has 4 fully saturated rings. The lowest BCUT2D eigenvalue weighted by Gasteiger charge is -2.53. The topological polar surface area (TPSA) is 37.4 Å². The molecule has 0 aromatic heterocycles. The highest BCUT2D eigenvalue weighted by Gasteiger charge is 2.48. The maximum Gasteiger partial charge on any atom is 0.239 e. The summed E-state index contributed by atoms with van der Waals surface area (Å²) in [6.45, 7) is 0. The Kier molecular flexibility index (Phi) is 4.46. The number of imide groups is 1. The maximum absolute atomic E-state index is 12.2. The largest absolute Gasteiger partial charge is 0.273 e. The lowest BCUT2D eigenvalue weighted by Crippen LogP contribution is -2.47. The highest BCUT2D eigenvalue weighted by molar-refractivity contribution is 7.79. The number of thiol groups is 1. The molecule has 6 atom stereocenters. The van der Waals surface area contributed by atoms with Crippen LogP contribution in [0.25, 0.3) is 0 Å². The molecule has 1 aliphatic heterocycles. The van der Waals surface area contributed by atoms with Crippen molar-refractivity contribution in [2.45, 2.75) is 70.6 Å². The van der Waals surface area contributed by atoms with Crippen LogP contribution >= 0.6 is 12.8 Å². The number of carbonyl (C=O) groups is 2. The summed E-state index contributed by atoms with van der Waals surface area (Å²) in [5, 5.41) is 0. The second-order valence-corrected chi connectivity index (χ2v) is 8.86. The zero-order chi connectivity index (χ0) is 16.0. The fourth-order valence-electron chi connectivity index (χ4n) is 6.58. The second kappa shape index (κ2) is 6.42. The van der Waals surface area contributed by atoms with E-state index in [1.165, 1.54) is 51.4 Å². The Morgan fingerprint density at radius 1 is 0.696 bits per heavy atom. The van der Waals surface area contributed by atoms with Crippen molar-refractivity contribution in [1.29, 1.82) is 0 Å². The van der Waals surface area contributed by atoms with Gasteiger partial charge in [-0.2, -0.15) is 0 Å². The molecule has 6 unspecified atom stereocenters. The number of hydrogen-bond acceptors (Lipinski definition) is 3. The summed E-state index contributed by atoms with van der Waals surface area (Å²) >= 11 is 4.11. The number of nitrogens with zero attached hydrogens (tertiary/aromatic N) is 1. The Balaban J connectivity index is 1.54. The van der Waals surface area contributed by atoms with Gasteiger partial charge in [-0.1, -0.05) is 32.1 Å². The van der Waals surface area contributed by atoms with E-state index in [9.17, 15) is 9.59 Å². The van der Waals surface area contributed by atoms with Gasteiger partial charge in [0.15, 0.2) is 0 Å². The van der Waals surface area contributed by atoms with E-state index in [1.54, 1.807) is 0 Å². The van der Waals surface area contributed by atoms with Gasteiger partial charge in [0, 0.05) is 12.8 Å². The summed E-state index contributed by atoms with van der Waals surface area (Å²) in [4.78, 5) is 24.3. The van der Waals surface area contributed by atoms with E-state index in [-0.39, 0.29) is 11.8 Å². The number of carbonyl (C=O) groups excluding carboxylic acids is 2. The first kappa shape index (κ1) is 16.0. The molecule has 3 nitrogen and oxygen atoms in total. The summed E-state index contributed by atoms with van der Waals surface area (Å²) in [5.74, 6) is 4.52. The molecule has 0 spiro atoms. The molecule has 2 amide bonds. The first-order valence-corrected chi connectivity index (χ1v) is 10.1. The Bertz CT molecular complexity index is 494. The van der Waals surface area contributed by atoms with Gasteiger partial charge in [-0.05, 0) is 74.0 Å². The zero-order valence-corrected chi connectivity index (χ0v) is 14.8. The number of fused-ring (bicyclic) bond motifs is 5. The van der Waals surface area contributed by atoms with Crippen molar-refractivity contribution >= 4 is 24.6 Å². The van der Waals surface area contributed by atoms with Gasteiger partial charge in [-0.3, -0.25) is 9.59 Å². The number of amides is 2. The van der Waals surface area contributed by atoms with Crippen LogP contribution in [-0.4, -0.2) is 16.1 Å².